The first-order valence-electron chi connectivity index (χ1n) is 7.46. The van der Waals surface area contributed by atoms with E-state index in [-0.39, 0.29) is 18.6 Å². The molecule has 1 saturated carbocycles. The second-order valence-electron chi connectivity index (χ2n) is 5.82. The van der Waals surface area contributed by atoms with E-state index in [1.807, 2.05) is 6.92 Å². The molecule has 0 bridgehead atoms. The molecule has 1 aromatic heterocycles. The zero-order valence-electron chi connectivity index (χ0n) is 13.0. The third kappa shape index (κ3) is 3.49. The van der Waals surface area contributed by atoms with Gasteiger partial charge in [-0.05, 0) is 25.8 Å². The largest absolute Gasteiger partial charge is 0.323 e. The maximum absolute atomic E-state index is 13.8. The molecular formula is C16H18F2N4O. The predicted molar refractivity (Wildman–Crippen MR) is 81.9 cm³/mol. The number of aromatic nitrogens is 2. The van der Waals surface area contributed by atoms with E-state index in [1.165, 1.54) is 12.1 Å². The summed E-state index contributed by atoms with van der Waals surface area (Å²) >= 11 is 0. The van der Waals surface area contributed by atoms with Gasteiger partial charge in [-0.15, -0.1) is 0 Å². The van der Waals surface area contributed by atoms with Gasteiger partial charge in [-0.1, -0.05) is 6.07 Å². The molecule has 0 radical (unpaired) electrons. The van der Waals surface area contributed by atoms with E-state index < -0.39 is 11.6 Å². The molecule has 2 amide bonds. The first kappa shape index (κ1) is 15.5. The first-order chi connectivity index (χ1) is 10.9. The number of hydrogen-bond acceptors (Lipinski definition) is 2. The van der Waals surface area contributed by atoms with Crippen LogP contribution in [0.25, 0.3) is 0 Å². The van der Waals surface area contributed by atoms with Gasteiger partial charge in [-0.25, -0.2) is 13.6 Å². The van der Waals surface area contributed by atoms with Gasteiger partial charge < -0.3 is 4.90 Å². The minimum absolute atomic E-state index is 0.0915. The first-order valence-corrected chi connectivity index (χ1v) is 7.46. The standard InChI is InChI=1S/C16H18F2N4O/c1-10-7-15(21(2)20-10)19-16(23)22(13-5-6-13)9-11-3-4-12(17)8-14(11)18/h3-4,7-8,13H,5-6,9H2,1-2H3,(H,19,23). The minimum Gasteiger partial charge on any atom is -0.317 e. The van der Waals surface area contributed by atoms with E-state index in [0.29, 0.717) is 11.4 Å². The Balaban J connectivity index is 1.76. The van der Waals surface area contributed by atoms with Crippen LogP contribution in [-0.4, -0.2) is 26.8 Å². The predicted octanol–water partition coefficient (Wildman–Crippen LogP) is 3.20. The zero-order valence-corrected chi connectivity index (χ0v) is 13.0. The van der Waals surface area contributed by atoms with Crippen molar-refractivity contribution in [2.24, 2.45) is 7.05 Å². The number of amides is 2. The van der Waals surface area contributed by atoms with E-state index in [2.05, 4.69) is 10.4 Å². The van der Waals surface area contributed by atoms with Crippen molar-refractivity contribution in [2.75, 3.05) is 5.32 Å². The lowest BCUT2D eigenvalue weighted by Crippen LogP contribution is -2.37. The van der Waals surface area contributed by atoms with Crippen LogP contribution in [0.2, 0.25) is 0 Å². The number of carbonyl (C=O) groups is 1. The highest BCUT2D eigenvalue weighted by Gasteiger charge is 2.33. The molecule has 1 aliphatic rings. The molecule has 2 aromatic rings. The van der Waals surface area contributed by atoms with E-state index in [0.717, 1.165) is 24.6 Å². The van der Waals surface area contributed by atoms with Gasteiger partial charge in [0.2, 0.25) is 0 Å². The van der Waals surface area contributed by atoms with Gasteiger partial charge in [0.15, 0.2) is 0 Å². The van der Waals surface area contributed by atoms with Gasteiger partial charge in [0, 0.05) is 30.8 Å². The smallest absolute Gasteiger partial charge is 0.317 e. The summed E-state index contributed by atoms with van der Waals surface area (Å²) in [6.07, 6.45) is 1.78. The number of benzene rings is 1. The van der Waals surface area contributed by atoms with E-state index in [1.54, 1.807) is 22.7 Å². The molecule has 1 fully saturated rings. The Morgan fingerprint density at radius 2 is 2.13 bits per heavy atom. The molecule has 0 atom stereocenters. The number of urea groups is 1. The molecule has 0 aliphatic heterocycles. The molecule has 5 nitrogen and oxygen atoms in total. The fourth-order valence-corrected chi connectivity index (χ4v) is 2.50. The number of rotatable bonds is 4. The summed E-state index contributed by atoms with van der Waals surface area (Å²) < 4.78 is 28.4. The van der Waals surface area contributed by atoms with Crippen molar-refractivity contribution in [3.63, 3.8) is 0 Å². The van der Waals surface area contributed by atoms with Crippen molar-refractivity contribution in [1.29, 1.82) is 0 Å². The molecule has 3 rings (SSSR count). The number of halogens is 2. The van der Waals surface area contributed by atoms with Crippen LogP contribution in [-0.2, 0) is 13.6 Å². The van der Waals surface area contributed by atoms with Crippen molar-refractivity contribution in [2.45, 2.75) is 32.4 Å². The lowest BCUT2D eigenvalue weighted by Gasteiger charge is -2.23. The van der Waals surface area contributed by atoms with Gasteiger partial charge in [0.1, 0.15) is 17.5 Å². The van der Waals surface area contributed by atoms with Crippen molar-refractivity contribution < 1.29 is 13.6 Å². The molecule has 1 aromatic carbocycles. The zero-order chi connectivity index (χ0) is 16.6. The summed E-state index contributed by atoms with van der Waals surface area (Å²) in [5, 5.41) is 6.97. The maximum Gasteiger partial charge on any atom is 0.323 e. The Hall–Kier alpha value is -2.44. The average Bonchev–Trinajstić information content (AvgIpc) is 3.25. The third-order valence-electron chi connectivity index (χ3n) is 3.84. The second-order valence-corrected chi connectivity index (χ2v) is 5.82. The minimum atomic E-state index is -0.639. The molecule has 0 unspecified atom stereocenters. The number of nitrogens with zero attached hydrogens (tertiary/aromatic N) is 3. The Labute approximate surface area is 132 Å². The van der Waals surface area contributed by atoms with Gasteiger partial charge >= 0.3 is 6.03 Å². The normalized spacial score (nSPS) is 13.9. The maximum atomic E-state index is 13.8. The van der Waals surface area contributed by atoms with Crippen LogP contribution < -0.4 is 5.32 Å². The van der Waals surface area contributed by atoms with Gasteiger partial charge in [0.25, 0.3) is 0 Å². The van der Waals surface area contributed by atoms with Gasteiger partial charge in [-0.2, -0.15) is 5.10 Å². The summed E-state index contributed by atoms with van der Waals surface area (Å²) in [6, 6.07) is 4.96. The van der Waals surface area contributed by atoms with Crippen molar-refractivity contribution >= 4 is 11.8 Å². The topological polar surface area (TPSA) is 50.2 Å². The van der Waals surface area contributed by atoms with Crippen LogP contribution in [0.4, 0.5) is 19.4 Å². The molecular weight excluding hydrogens is 302 g/mol. The van der Waals surface area contributed by atoms with E-state index >= 15 is 0 Å². The fourth-order valence-electron chi connectivity index (χ4n) is 2.50. The monoisotopic (exact) mass is 320 g/mol. The summed E-state index contributed by atoms with van der Waals surface area (Å²) in [5.74, 6) is -0.684. The van der Waals surface area contributed by atoms with Gasteiger partial charge in [-0.3, -0.25) is 10.00 Å². The highest BCUT2D eigenvalue weighted by atomic mass is 19.1. The van der Waals surface area contributed by atoms with Crippen LogP contribution in [0.15, 0.2) is 24.3 Å². The van der Waals surface area contributed by atoms with Crippen molar-refractivity contribution in [3.8, 4) is 0 Å². The number of anilines is 1. The Kier molecular flexibility index (Phi) is 4.02. The Morgan fingerprint density at radius 3 is 2.70 bits per heavy atom. The SMILES string of the molecule is Cc1cc(NC(=O)N(Cc2ccc(F)cc2F)C2CC2)n(C)n1. The summed E-state index contributed by atoms with van der Waals surface area (Å²) in [6.45, 7) is 1.95. The summed E-state index contributed by atoms with van der Waals surface area (Å²) in [7, 11) is 1.74. The summed E-state index contributed by atoms with van der Waals surface area (Å²) in [5.41, 5.74) is 1.10. The molecule has 1 aliphatic carbocycles. The van der Waals surface area contributed by atoms with E-state index in [4.69, 9.17) is 0 Å². The van der Waals surface area contributed by atoms with Crippen molar-refractivity contribution in [1.82, 2.24) is 14.7 Å². The summed E-state index contributed by atoms with van der Waals surface area (Å²) in [4.78, 5) is 14.1. The van der Waals surface area contributed by atoms with Crippen LogP contribution in [0.3, 0.4) is 0 Å². The van der Waals surface area contributed by atoms with Crippen LogP contribution >= 0.6 is 0 Å². The van der Waals surface area contributed by atoms with Crippen LogP contribution in [0, 0.1) is 18.6 Å². The Morgan fingerprint density at radius 1 is 1.39 bits per heavy atom. The average molecular weight is 320 g/mol. The van der Waals surface area contributed by atoms with Crippen LogP contribution in [0.1, 0.15) is 24.1 Å². The van der Waals surface area contributed by atoms with Gasteiger partial charge in [0.05, 0.1) is 12.2 Å². The molecule has 122 valence electrons. The number of hydrogen-bond donors (Lipinski definition) is 1. The number of carbonyl (C=O) groups excluding carboxylic acids is 1. The third-order valence-corrected chi connectivity index (χ3v) is 3.84. The highest BCUT2D eigenvalue weighted by molar-refractivity contribution is 5.88. The second kappa shape index (κ2) is 5.98. The molecule has 1 N–H and O–H groups in total. The molecule has 1 heterocycles. The number of nitrogens with one attached hydrogen (secondary N) is 1. The Bertz CT molecular complexity index is 740. The molecule has 0 saturated heterocycles. The number of aryl methyl sites for hydroxylation is 2. The van der Waals surface area contributed by atoms with E-state index in [9.17, 15) is 13.6 Å². The quantitative estimate of drug-likeness (QED) is 0.940. The van der Waals surface area contributed by atoms with Crippen molar-refractivity contribution in [3.05, 3.63) is 47.2 Å². The molecule has 7 heteroatoms. The lowest BCUT2D eigenvalue weighted by atomic mass is 10.2. The fraction of sp³-hybridized carbons (Fsp3) is 0.375. The van der Waals surface area contributed by atoms with Crippen LogP contribution in [0.5, 0.6) is 0 Å². The lowest BCUT2D eigenvalue weighted by molar-refractivity contribution is 0.205. The highest BCUT2D eigenvalue weighted by Crippen LogP contribution is 2.29. The molecule has 0 spiro atoms. The molecule has 23 heavy (non-hydrogen) atoms.